The van der Waals surface area contributed by atoms with Gasteiger partial charge in [0, 0.05) is 38.5 Å². The highest BCUT2D eigenvalue weighted by atomic mass is 16.6. The molecule has 1 heterocycles. The van der Waals surface area contributed by atoms with Gasteiger partial charge in [-0.1, -0.05) is 18.2 Å². The first kappa shape index (κ1) is 23.5. The Morgan fingerprint density at radius 1 is 1.16 bits per heavy atom. The molecular formula is C22H27N3O7. The van der Waals surface area contributed by atoms with Crippen LogP contribution in [0.3, 0.4) is 0 Å². The van der Waals surface area contributed by atoms with Crippen molar-refractivity contribution in [1.29, 1.82) is 0 Å². The lowest BCUT2D eigenvalue weighted by Crippen LogP contribution is -2.35. The van der Waals surface area contributed by atoms with Crippen LogP contribution in [-0.2, 0) is 16.0 Å². The molecule has 0 saturated carbocycles. The van der Waals surface area contributed by atoms with Crippen molar-refractivity contribution >= 4 is 17.3 Å². The van der Waals surface area contributed by atoms with Crippen LogP contribution in [0.4, 0.5) is 11.4 Å². The predicted octanol–water partition coefficient (Wildman–Crippen LogP) is 2.71. The lowest BCUT2D eigenvalue weighted by atomic mass is 10.1. The van der Waals surface area contributed by atoms with E-state index in [4.69, 9.17) is 18.9 Å². The highest BCUT2D eigenvalue weighted by Gasteiger charge is 2.25. The zero-order valence-corrected chi connectivity index (χ0v) is 18.2. The fourth-order valence-electron chi connectivity index (χ4n) is 3.36. The number of nitro benzene ring substituents is 1. The van der Waals surface area contributed by atoms with Gasteiger partial charge in [0.1, 0.15) is 12.2 Å². The van der Waals surface area contributed by atoms with E-state index in [0.29, 0.717) is 32.1 Å². The molecule has 1 N–H and O–H groups in total. The van der Waals surface area contributed by atoms with Crippen molar-refractivity contribution in [3.63, 3.8) is 0 Å². The maximum Gasteiger partial charge on any atom is 0.286 e. The Kier molecular flexibility index (Phi) is 8.37. The van der Waals surface area contributed by atoms with E-state index in [2.05, 4.69) is 10.2 Å². The number of ether oxygens (including phenoxy) is 4. The maximum atomic E-state index is 13.1. The number of amides is 1. The molecule has 1 amide bonds. The third-order valence-electron chi connectivity index (χ3n) is 5.03. The summed E-state index contributed by atoms with van der Waals surface area (Å²) in [5.41, 5.74) is 1.02. The number of carbonyl (C=O) groups excluding carboxylic acids is 1. The minimum Gasteiger partial charge on any atom is -0.493 e. The SMILES string of the molecule is COCCOc1cc([N+](=O)[O-])c(C(=O)Nc2ccccc2CN2CCOCC2)cc1OC. The highest BCUT2D eigenvalue weighted by molar-refractivity contribution is 6.08. The minimum absolute atomic E-state index is 0.118. The number of nitro groups is 1. The van der Waals surface area contributed by atoms with E-state index in [0.717, 1.165) is 18.7 Å². The number of benzene rings is 2. The molecule has 0 atom stereocenters. The summed E-state index contributed by atoms with van der Waals surface area (Å²) in [4.78, 5) is 26.3. The van der Waals surface area contributed by atoms with Crippen molar-refractivity contribution in [2.24, 2.45) is 0 Å². The average Bonchev–Trinajstić information content (AvgIpc) is 2.80. The van der Waals surface area contributed by atoms with Crippen LogP contribution < -0.4 is 14.8 Å². The van der Waals surface area contributed by atoms with Gasteiger partial charge >= 0.3 is 0 Å². The van der Waals surface area contributed by atoms with Crippen LogP contribution in [0.1, 0.15) is 15.9 Å². The van der Waals surface area contributed by atoms with E-state index in [1.807, 2.05) is 12.1 Å². The van der Waals surface area contributed by atoms with Gasteiger partial charge in [-0.3, -0.25) is 19.8 Å². The van der Waals surface area contributed by atoms with Gasteiger partial charge in [0.05, 0.1) is 37.9 Å². The summed E-state index contributed by atoms with van der Waals surface area (Å²) in [5, 5.41) is 14.5. The summed E-state index contributed by atoms with van der Waals surface area (Å²) in [7, 11) is 2.93. The first-order valence-electron chi connectivity index (χ1n) is 10.2. The number of rotatable bonds is 10. The Labute approximate surface area is 186 Å². The summed E-state index contributed by atoms with van der Waals surface area (Å²) < 4.78 is 21.1. The van der Waals surface area contributed by atoms with Crippen LogP contribution in [0.25, 0.3) is 0 Å². The molecule has 0 radical (unpaired) electrons. The molecule has 32 heavy (non-hydrogen) atoms. The molecule has 2 aromatic rings. The van der Waals surface area contributed by atoms with Gasteiger partial charge < -0.3 is 24.3 Å². The van der Waals surface area contributed by atoms with Crippen molar-refractivity contribution < 1.29 is 28.7 Å². The van der Waals surface area contributed by atoms with Crippen molar-refractivity contribution in [2.45, 2.75) is 6.54 Å². The Hall–Kier alpha value is -3.21. The second kappa shape index (κ2) is 11.4. The summed E-state index contributed by atoms with van der Waals surface area (Å²) >= 11 is 0. The van der Waals surface area contributed by atoms with Gasteiger partial charge in [-0.25, -0.2) is 0 Å². The van der Waals surface area contributed by atoms with Crippen molar-refractivity contribution in [3.8, 4) is 11.5 Å². The number of hydrogen-bond donors (Lipinski definition) is 1. The van der Waals surface area contributed by atoms with E-state index in [9.17, 15) is 14.9 Å². The van der Waals surface area contributed by atoms with Crippen molar-refractivity contribution in [2.75, 3.05) is 59.1 Å². The molecule has 10 nitrogen and oxygen atoms in total. The zero-order valence-electron chi connectivity index (χ0n) is 18.2. The molecule has 1 aliphatic heterocycles. The van der Waals surface area contributed by atoms with Gasteiger partial charge in [-0.2, -0.15) is 0 Å². The van der Waals surface area contributed by atoms with E-state index in [1.165, 1.54) is 26.4 Å². The molecule has 10 heteroatoms. The van der Waals surface area contributed by atoms with Crippen LogP contribution >= 0.6 is 0 Å². The summed E-state index contributed by atoms with van der Waals surface area (Å²) in [6.45, 7) is 4.06. The first-order chi connectivity index (χ1) is 15.5. The number of para-hydroxylation sites is 1. The second-order valence-corrected chi connectivity index (χ2v) is 7.12. The Morgan fingerprint density at radius 2 is 1.91 bits per heavy atom. The minimum atomic E-state index is -0.614. The standard InChI is InChI=1S/C22H27N3O7/c1-29-11-12-32-21-14-19(25(27)28)17(13-20(21)30-2)22(26)23-18-6-4-3-5-16(18)15-24-7-9-31-10-8-24/h3-6,13-14H,7-12,15H2,1-2H3,(H,23,26). The monoisotopic (exact) mass is 445 g/mol. The fourth-order valence-corrected chi connectivity index (χ4v) is 3.36. The summed E-state index contributed by atoms with van der Waals surface area (Å²) in [6.07, 6.45) is 0. The third kappa shape index (κ3) is 5.94. The van der Waals surface area contributed by atoms with Gasteiger partial charge in [0.2, 0.25) is 0 Å². The average molecular weight is 445 g/mol. The molecule has 1 aliphatic rings. The van der Waals surface area contributed by atoms with Crippen LogP contribution in [-0.4, -0.2) is 69.5 Å². The molecule has 0 aromatic heterocycles. The molecule has 1 fully saturated rings. The fraction of sp³-hybridized carbons (Fsp3) is 0.409. The van der Waals surface area contributed by atoms with Crippen molar-refractivity contribution in [1.82, 2.24) is 4.90 Å². The topological polar surface area (TPSA) is 112 Å². The van der Waals surface area contributed by atoms with E-state index < -0.39 is 10.8 Å². The number of nitrogens with one attached hydrogen (secondary N) is 1. The summed E-state index contributed by atoms with van der Waals surface area (Å²) in [6, 6.07) is 9.91. The molecule has 0 bridgehead atoms. The number of carbonyl (C=O) groups is 1. The third-order valence-corrected chi connectivity index (χ3v) is 5.03. The number of methoxy groups -OCH3 is 2. The van der Waals surface area contributed by atoms with Crippen LogP contribution in [0.15, 0.2) is 36.4 Å². The van der Waals surface area contributed by atoms with Crippen LogP contribution in [0, 0.1) is 10.1 Å². The quantitative estimate of drug-likeness (QED) is 0.337. The van der Waals surface area contributed by atoms with E-state index in [-0.39, 0.29) is 29.4 Å². The largest absolute Gasteiger partial charge is 0.493 e. The molecule has 1 saturated heterocycles. The maximum absolute atomic E-state index is 13.1. The number of morpholine rings is 1. The zero-order chi connectivity index (χ0) is 22.9. The molecule has 0 unspecified atom stereocenters. The van der Waals surface area contributed by atoms with Gasteiger partial charge in [-0.05, 0) is 11.6 Å². The van der Waals surface area contributed by atoms with Crippen molar-refractivity contribution in [3.05, 3.63) is 57.6 Å². The molecule has 172 valence electrons. The van der Waals surface area contributed by atoms with Crippen LogP contribution in [0.2, 0.25) is 0 Å². The number of anilines is 1. The Balaban J connectivity index is 1.85. The van der Waals surface area contributed by atoms with Gasteiger partial charge in [-0.15, -0.1) is 0 Å². The smallest absolute Gasteiger partial charge is 0.286 e. The molecule has 3 rings (SSSR count). The summed E-state index contributed by atoms with van der Waals surface area (Å²) in [5.74, 6) is -0.216. The predicted molar refractivity (Wildman–Crippen MR) is 118 cm³/mol. The number of nitrogens with zero attached hydrogens (tertiary/aromatic N) is 2. The van der Waals surface area contributed by atoms with Crippen LogP contribution in [0.5, 0.6) is 11.5 Å². The lowest BCUT2D eigenvalue weighted by Gasteiger charge is -2.27. The molecule has 2 aromatic carbocycles. The van der Waals surface area contributed by atoms with Gasteiger partial charge in [0.15, 0.2) is 11.5 Å². The molecule has 0 aliphatic carbocycles. The Bertz CT molecular complexity index is 945. The Morgan fingerprint density at radius 3 is 2.59 bits per heavy atom. The van der Waals surface area contributed by atoms with E-state index >= 15 is 0 Å². The normalized spacial score (nSPS) is 14.1. The molecular weight excluding hydrogens is 418 g/mol. The molecule has 0 spiro atoms. The first-order valence-corrected chi connectivity index (χ1v) is 10.2. The van der Waals surface area contributed by atoms with E-state index in [1.54, 1.807) is 12.1 Å². The highest BCUT2D eigenvalue weighted by Crippen LogP contribution is 2.35. The van der Waals surface area contributed by atoms with Gasteiger partial charge in [0.25, 0.3) is 11.6 Å². The second-order valence-electron chi connectivity index (χ2n) is 7.12. The lowest BCUT2D eigenvalue weighted by molar-refractivity contribution is -0.385. The number of hydrogen-bond acceptors (Lipinski definition) is 8.